The molecule has 5 nitrogen and oxygen atoms in total. The number of aromatic nitrogens is 2. The van der Waals surface area contributed by atoms with E-state index in [4.69, 9.17) is 10.5 Å². The van der Waals surface area contributed by atoms with Crippen molar-refractivity contribution in [2.45, 2.75) is 37.6 Å². The van der Waals surface area contributed by atoms with Crippen molar-refractivity contribution in [2.75, 3.05) is 25.5 Å². The lowest BCUT2D eigenvalue weighted by atomic mass is 9.84. The van der Waals surface area contributed by atoms with E-state index in [0.29, 0.717) is 28.9 Å². The van der Waals surface area contributed by atoms with Gasteiger partial charge in [-0.15, -0.1) is 0 Å². The van der Waals surface area contributed by atoms with Crippen LogP contribution in [0, 0.1) is 5.95 Å². The second kappa shape index (κ2) is 8.73. The zero-order valence-electron chi connectivity index (χ0n) is 17.5. The fraction of sp³-hybridized carbons (Fsp3) is 0.360. The molecular formula is C25H27FN4O. The first-order valence-electron chi connectivity index (χ1n) is 11.0. The molecule has 2 aliphatic heterocycles. The van der Waals surface area contributed by atoms with Gasteiger partial charge in [0.25, 0.3) is 0 Å². The van der Waals surface area contributed by atoms with E-state index in [1.54, 1.807) is 12.3 Å². The summed E-state index contributed by atoms with van der Waals surface area (Å²) in [4.78, 5) is 8.05. The van der Waals surface area contributed by atoms with Crippen LogP contribution in [0.5, 0.6) is 0 Å². The molecule has 5 rings (SSSR count). The Morgan fingerprint density at radius 2 is 1.81 bits per heavy atom. The van der Waals surface area contributed by atoms with Crippen LogP contribution >= 0.6 is 0 Å². The molecule has 1 aromatic carbocycles. The predicted molar refractivity (Wildman–Crippen MR) is 120 cm³/mol. The quantitative estimate of drug-likeness (QED) is 0.593. The van der Waals surface area contributed by atoms with Gasteiger partial charge in [-0.05, 0) is 78.6 Å². The second-order valence-corrected chi connectivity index (χ2v) is 8.40. The SMILES string of the molecule is Nc1ncc(-c2ccc(C3CCOCC3)c(C3CCCN3)c2)cc1-c1ccnc(F)c1. The topological polar surface area (TPSA) is 73.1 Å². The van der Waals surface area contributed by atoms with Crippen molar-refractivity contribution in [2.24, 2.45) is 0 Å². The maximum absolute atomic E-state index is 13.7. The van der Waals surface area contributed by atoms with Crippen LogP contribution < -0.4 is 11.1 Å². The van der Waals surface area contributed by atoms with Crippen LogP contribution in [0.2, 0.25) is 0 Å². The average Bonchev–Trinajstić information content (AvgIpc) is 3.35. The molecule has 160 valence electrons. The predicted octanol–water partition coefficient (Wildman–Crippen LogP) is 4.85. The fourth-order valence-electron chi connectivity index (χ4n) is 4.82. The number of anilines is 1. The maximum Gasteiger partial charge on any atom is 0.213 e. The first-order valence-corrected chi connectivity index (χ1v) is 11.0. The van der Waals surface area contributed by atoms with E-state index in [1.165, 1.54) is 29.8 Å². The highest BCUT2D eigenvalue weighted by Gasteiger charge is 2.25. The molecule has 1 atom stereocenters. The van der Waals surface area contributed by atoms with E-state index in [0.717, 1.165) is 50.1 Å². The Morgan fingerprint density at radius 3 is 2.58 bits per heavy atom. The number of benzene rings is 1. The molecule has 31 heavy (non-hydrogen) atoms. The molecule has 0 bridgehead atoms. The Bertz CT molecular complexity index is 1070. The Hall–Kier alpha value is -2.83. The third kappa shape index (κ3) is 4.18. The summed E-state index contributed by atoms with van der Waals surface area (Å²) in [7, 11) is 0. The summed E-state index contributed by atoms with van der Waals surface area (Å²) in [5.74, 6) is 0.392. The van der Waals surface area contributed by atoms with Crippen molar-refractivity contribution in [1.29, 1.82) is 0 Å². The second-order valence-electron chi connectivity index (χ2n) is 8.40. The lowest BCUT2D eigenvalue weighted by Gasteiger charge is -2.27. The summed E-state index contributed by atoms with van der Waals surface area (Å²) >= 11 is 0. The molecule has 0 amide bonds. The molecule has 0 radical (unpaired) electrons. The van der Waals surface area contributed by atoms with Crippen LogP contribution in [0.15, 0.2) is 48.8 Å². The summed E-state index contributed by atoms with van der Waals surface area (Å²) in [6.07, 6.45) is 7.74. The van der Waals surface area contributed by atoms with E-state index >= 15 is 0 Å². The van der Waals surface area contributed by atoms with Gasteiger partial charge in [0, 0.05) is 48.8 Å². The minimum Gasteiger partial charge on any atom is -0.383 e. The lowest BCUT2D eigenvalue weighted by Crippen LogP contribution is -2.19. The molecule has 2 saturated heterocycles. The minimum absolute atomic E-state index is 0.380. The number of ether oxygens (including phenoxy) is 1. The van der Waals surface area contributed by atoms with Crippen molar-refractivity contribution in [3.8, 4) is 22.3 Å². The number of nitrogens with two attached hydrogens (primary N) is 1. The highest BCUT2D eigenvalue weighted by Crippen LogP contribution is 2.38. The zero-order chi connectivity index (χ0) is 21.2. The van der Waals surface area contributed by atoms with Gasteiger partial charge >= 0.3 is 0 Å². The highest BCUT2D eigenvalue weighted by molar-refractivity contribution is 5.79. The van der Waals surface area contributed by atoms with Gasteiger partial charge in [0.15, 0.2) is 0 Å². The van der Waals surface area contributed by atoms with Crippen LogP contribution in [-0.4, -0.2) is 29.7 Å². The number of nitrogens with zero attached hydrogens (tertiary/aromatic N) is 2. The van der Waals surface area contributed by atoms with Gasteiger partial charge in [0.05, 0.1) is 0 Å². The van der Waals surface area contributed by atoms with Crippen LogP contribution in [-0.2, 0) is 4.74 Å². The molecule has 2 fully saturated rings. The standard InChI is InChI=1S/C25H27FN4O/c26-24-14-18(5-9-29-24)21-13-19(15-30-25(21)27)17-3-4-20(16-6-10-31-11-7-16)22(12-17)23-2-1-8-28-23/h3-5,9,12-16,23,28H,1-2,6-8,10-11H2,(H2,27,30). The average molecular weight is 419 g/mol. The van der Waals surface area contributed by atoms with Crippen LogP contribution in [0.3, 0.4) is 0 Å². The number of nitrogens with one attached hydrogen (secondary N) is 1. The van der Waals surface area contributed by atoms with Gasteiger partial charge in [-0.25, -0.2) is 9.97 Å². The molecule has 1 unspecified atom stereocenters. The van der Waals surface area contributed by atoms with Crippen LogP contribution in [0.25, 0.3) is 22.3 Å². The first-order chi connectivity index (χ1) is 15.2. The third-order valence-corrected chi connectivity index (χ3v) is 6.47. The highest BCUT2D eigenvalue weighted by atomic mass is 19.1. The number of hydrogen-bond acceptors (Lipinski definition) is 5. The van der Waals surface area contributed by atoms with Gasteiger partial charge in [-0.1, -0.05) is 12.1 Å². The van der Waals surface area contributed by atoms with Crippen molar-refractivity contribution in [1.82, 2.24) is 15.3 Å². The van der Waals surface area contributed by atoms with Gasteiger partial charge in [0.2, 0.25) is 5.95 Å². The zero-order valence-corrected chi connectivity index (χ0v) is 17.5. The molecule has 3 N–H and O–H groups in total. The van der Waals surface area contributed by atoms with E-state index in [1.807, 2.05) is 6.07 Å². The summed E-state index contributed by atoms with van der Waals surface area (Å²) < 4.78 is 19.3. The Morgan fingerprint density at radius 1 is 0.935 bits per heavy atom. The molecule has 2 aliphatic rings. The van der Waals surface area contributed by atoms with Gasteiger partial charge < -0.3 is 15.8 Å². The fourth-order valence-corrected chi connectivity index (χ4v) is 4.82. The third-order valence-electron chi connectivity index (χ3n) is 6.47. The van der Waals surface area contributed by atoms with E-state index in [-0.39, 0.29) is 0 Å². The normalized spacial score (nSPS) is 19.6. The van der Waals surface area contributed by atoms with Crippen molar-refractivity contribution in [3.63, 3.8) is 0 Å². The maximum atomic E-state index is 13.7. The number of nitrogen functional groups attached to an aromatic ring is 1. The minimum atomic E-state index is -0.530. The molecule has 3 aromatic rings. The molecule has 2 aromatic heterocycles. The van der Waals surface area contributed by atoms with Gasteiger partial charge in [0.1, 0.15) is 5.82 Å². The summed E-state index contributed by atoms with van der Waals surface area (Å²) in [5.41, 5.74) is 12.4. The monoisotopic (exact) mass is 418 g/mol. The molecule has 6 heteroatoms. The van der Waals surface area contributed by atoms with E-state index in [2.05, 4.69) is 33.5 Å². The van der Waals surface area contributed by atoms with Crippen LogP contribution in [0.1, 0.15) is 48.8 Å². The Labute approximate surface area is 181 Å². The summed E-state index contributed by atoms with van der Waals surface area (Å²) in [6.45, 7) is 2.72. The van der Waals surface area contributed by atoms with Gasteiger partial charge in [-0.3, -0.25) is 0 Å². The Balaban J connectivity index is 1.56. The van der Waals surface area contributed by atoms with E-state index in [9.17, 15) is 4.39 Å². The largest absolute Gasteiger partial charge is 0.383 e. The van der Waals surface area contributed by atoms with Crippen LogP contribution in [0.4, 0.5) is 10.2 Å². The smallest absolute Gasteiger partial charge is 0.213 e. The number of pyridine rings is 2. The number of hydrogen-bond donors (Lipinski definition) is 2. The first kappa shape index (κ1) is 20.1. The van der Waals surface area contributed by atoms with Crippen molar-refractivity contribution >= 4 is 5.82 Å². The van der Waals surface area contributed by atoms with Gasteiger partial charge in [-0.2, -0.15) is 4.39 Å². The molecule has 0 aliphatic carbocycles. The summed E-state index contributed by atoms with van der Waals surface area (Å²) in [6, 6.07) is 12.3. The Kier molecular flexibility index (Phi) is 5.66. The molecular weight excluding hydrogens is 391 g/mol. The molecule has 0 spiro atoms. The summed E-state index contributed by atoms with van der Waals surface area (Å²) in [5, 5.41) is 3.67. The lowest BCUT2D eigenvalue weighted by molar-refractivity contribution is 0.0851. The van der Waals surface area contributed by atoms with Crippen molar-refractivity contribution in [3.05, 3.63) is 65.9 Å². The van der Waals surface area contributed by atoms with Crippen molar-refractivity contribution < 1.29 is 9.13 Å². The number of halogens is 1. The molecule has 4 heterocycles. The van der Waals surface area contributed by atoms with E-state index < -0.39 is 5.95 Å². The molecule has 0 saturated carbocycles. The number of rotatable bonds is 4.